The number of halogens is 2. The summed E-state index contributed by atoms with van der Waals surface area (Å²) in [5, 5.41) is 1.54. The summed E-state index contributed by atoms with van der Waals surface area (Å²) >= 11 is 7.11. The molecule has 1 aliphatic rings. The number of Topliss-reactive ketones (excluding diaryl/α,β-unsaturated/α-hetero) is 1. The van der Waals surface area contributed by atoms with Crippen molar-refractivity contribution in [1.82, 2.24) is 0 Å². The molecule has 1 unspecified atom stereocenters. The van der Waals surface area contributed by atoms with Gasteiger partial charge in [-0.3, -0.25) is 14.4 Å². The van der Waals surface area contributed by atoms with Crippen LogP contribution in [0.1, 0.15) is 54.5 Å². The first-order valence-electron chi connectivity index (χ1n) is 9.16. The molecule has 2 aromatic rings. The van der Waals surface area contributed by atoms with E-state index in [2.05, 4.69) is 0 Å². The Hall–Kier alpha value is -2.51. The zero-order valence-electron chi connectivity index (χ0n) is 15.7. The molecule has 0 saturated heterocycles. The first kappa shape index (κ1) is 21.2. The van der Waals surface area contributed by atoms with Gasteiger partial charge in [0.05, 0.1) is 15.5 Å². The Labute approximate surface area is 176 Å². The van der Waals surface area contributed by atoms with Crippen LogP contribution in [0.2, 0.25) is 5.02 Å². The number of carbonyl (C=O) groups excluding carboxylic acids is 3. The fourth-order valence-corrected chi connectivity index (χ4v) is 4.15. The molecule has 8 heteroatoms. The molecule has 0 aliphatic heterocycles. The molecule has 0 radical (unpaired) electrons. The van der Waals surface area contributed by atoms with E-state index in [1.807, 2.05) is 6.92 Å². The second kappa shape index (κ2) is 8.88. The average Bonchev–Trinajstić information content (AvgIpc) is 3.27. The van der Waals surface area contributed by atoms with Crippen molar-refractivity contribution in [2.24, 2.45) is 5.73 Å². The predicted molar refractivity (Wildman–Crippen MR) is 110 cm³/mol. The Bertz CT molecular complexity index is 1000. The molecule has 1 aromatic carbocycles. The standard InChI is InChI=1S/C21H19ClFNO4S/c1-2-3-4-7-16(25)28-20(15-6-5-8-29-15)17-12-10-14(23)13(22)9-11(12)18(19(17)26)21(24)27/h5-6,8-10,18H,2-4,7H2,1H3,(H2,24,27)/b20-17+. The molecule has 1 atom stereocenters. The monoisotopic (exact) mass is 435 g/mol. The molecule has 0 fully saturated rings. The van der Waals surface area contributed by atoms with Crippen molar-refractivity contribution >= 4 is 51.9 Å². The fourth-order valence-electron chi connectivity index (χ4n) is 3.27. The van der Waals surface area contributed by atoms with Crippen LogP contribution >= 0.6 is 22.9 Å². The van der Waals surface area contributed by atoms with Crippen molar-refractivity contribution in [3.63, 3.8) is 0 Å². The number of thiophene rings is 1. The van der Waals surface area contributed by atoms with Crippen LogP contribution in [0.25, 0.3) is 11.3 Å². The molecule has 0 spiro atoms. The number of fused-ring (bicyclic) bond motifs is 1. The Morgan fingerprint density at radius 1 is 1.31 bits per heavy atom. The lowest BCUT2D eigenvalue weighted by molar-refractivity contribution is -0.136. The number of rotatable bonds is 7. The van der Waals surface area contributed by atoms with Gasteiger partial charge in [0.15, 0.2) is 11.5 Å². The number of benzene rings is 1. The van der Waals surface area contributed by atoms with E-state index in [9.17, 15) is 18.8 Å². The summed E-state index contributed by atoms with van der Waals surface area (Å²) in [6, 6.07) is 5.72. The molecular formula is C21H19ClFNO4S. The highest BCUT2D eigenvalue weighted by molar-refractivity contribution is 7.11. The van der Waals surface area contributed by atoms with Gasteiger partial charge in [-0.1, -0.05) is 37.4 Å². The van der Waals surface area contributed by atoms with Crippen LogP contribution in [-0.2, 0) is 19.1 Å². The molecule has 0 bridgehead atoms. The molecule has 1 aliphatic carbocycles. The summed E-state index contributed by atoms with van der Waals surface area (Å²) in [6.07, 6.45) is 2.65. The Morgan fingerprint density at radius 3 is 2.69 bits per heavy atom. The number of ether oxygens (including phenoxy) is 1. The number of esters is 1. The quantitative estimate of drug-likeness (QED) is 0.225. The van der Waals surface area contributed by atoms with Crippen molar-refractivity contribution < 1.29 is 23.5 Å². The molecule has 1 amide bonds. The minimum Gasteiger partial charge on any atom is -0.424 e. The summed E-state index contributed by atoms with van der Waals surface area (Å²) in [4.78, 5) is 38.0. The van der Waals surface area contributed by atoms with E-state index >= 15 is 0 Å². The van der Waals surface area contributed by atoms with Crippen LogP contribution in [0, 0.1) is 5.82 Å². The summed E-state index contributed by atoms with van der Waals surface area (Å²) in [6.45, 7) is 2.02. The molecule has 1 heterocycles. The van der Waals surface area contributed by atoms with Gasteiger partial charge >= 0.3 is 5.97 Å². The van der Waals surface area contributed by atoms with Gasteiger partial charge in [0.25, 0.3) is 0 Å². The van der Waals surface area contributed by atoms with Crippen LogP contribution in [0.5, 0.6) is 0 Å². The van der Waals surface area contributed by atoms with Crippen LogP contribution < -0.4 is 5.73 Å². The predicted octanol–water partition coefficient (Wildman–Crippen LogP) is 4.68. The minimum atomic E-state index is -1.31. The second-order valence-corrected chi connectivity index (χ2v) is 8.02. The normalized spacial score (nSPS) is 17.2. The van der Waals surface area contributed by atoms with Crippen molar-refractivity contribution in [2.45, 2.75) is 38.5 Å². The van der Waals surface area contributed by atoms with Crippen LogP contribution in [0.15, 0.2) is 29.6 Å². The maximum atomic E-state index is 14.2. The van der Waals surface area contributed by atoms with Gasteiger partial charge in [0.2, 0.25) is 5.91 Å². The van der Waals surface area contributed by atoms with E-state index in [0.29, 0.717) is 11.3 Å². The van der Waals surface area contributed by atoms with Crippen molar-refractivity contribution in [3.05, 3.63) is 56.5 Å². The zero-order valence-corrected chi connectivity index (χ0v) is 17.2. The number of ketones is 1. The third-order valence-electron chi connectivity index (χ3n) is 4.64. The first-order chi connectivity index (χ1) is 13.8. The molecule has 1 aromatic heterocycles. The van der Waals surface area contributed by atoms with Gasteiger partial charge in [-0.2, -0.15) is 0 Å². The SMILES string of the molecule is CCCCCC(=O)O/C(=C1/C(=O)C(C(N)=O)c2cc(Cl)c(F)cc21)c1cccs1. The van der Waals surface area contributed by atoms with Crippen molar-refractivity contribution in [2.75, 3.05) is 0 Å². The number of allylic oxidation sites excluding steroid dienone is 1. The molecule has 0 saturated carbocycles. The van der Waals surface area contributed by atoms with E-state index in [1.54, 1.807) is 17.5 Å². The number of amides is 1. The lowest BCUT2D eigenvalue weighted by Gasteiger charge is -2.11. The van der Waals surface area contributed by atoms with Crippen LogP contribution in [0.3, 0.4) is 0 Å². The van der Waals surface area contributed by atoms with Gasteiger partial charge in [0.1, 0.15) is 11.7 Å². The topological polar surface area (TPSA) is 86.5 Å². The van der Waals surface area contributed by atoms with Crippen molar-refractivity contribution in [3.8, 4) is 0 Å². The third-order valence-corrected chi connectivity index (χ3v) is 5.80. The maximum absolute atomic E-state index is 14.2. The largest absolute Gasteiger partial charge is 0.424 e. The number of carbonyl (C=O) groups is 3. The molecule has 152 valence electrons. The Morgan fingerprint density at radius 2 is 2.07 bits per heavy atom. The van der Waals surface area contributed by atoms with Gasteiger partial charge in [0, 0.05) is 6.42 Å². The summed E-state index contributed by atoms with van der Waals surface area (Å²) in [5.41, 5.74) is 5.76. The molecular weight excluding hydrogens is 417 g/mol. The maximum Gasteiger partial charge on any atom is 0.311 e. The molecule has 5 nitrogen and oxygen atoms in total. The van der Waals surface area contributed by atoms with E-state index in [0.717, 1.165) is 18.9 Å². The van der Waals surface area contributed by atoms with Gasteiger partial charge in [-0.25, -0.2) is 4.39 Å². The Balaban J connectivity index is 2.15. The number of hydrogen-bond donors (Lipinski definition) is 1. The fraction of sp³-hybridized carbons (Fsp3) is 0.286. The van der Waals surface area contributed by atoms with E-state index < -0.39 is 29.4 Å². The first-order valence-corrected chi connectivity index (χ1v) is 10.4. The van der Waals surface area contributed by atoms with E-state index in [4.69, 9.17) is 22.1 Å². The van der Waals surface area contributed by atoms with Gasteiger partial charge in [-0.05, 0) is 41.1 Å². The third kappa shape index (κ3) is 4.26. The summed E-state index contributed by atoms with van der Waals surface area (Å²) < 4.78 is 19.8. The Kier molecular flexibility index (Phi) is 6.49. The van der Waals surface area contributed by atoms with E-state index in [1.165, 1.54) is 17.4 Å². The second-order valence-electron chi connectivity index (χ2n) is 6.67. The zero-order chi connectivity index (χ0) is 21.1. The highest BCUT2D eigenvalue weighted by atomic mass is 35.5. The lowest BCUT2D eigenvalue weighted by atomic mass is 10.00. The molecule has 3 rings (SSSR count). The number of unbranched alkanes of at least 4 members (excludes halogenated alkanes) is 2. The molecule has 2 N–H and O–H groups in total. The smallest absolute Gasteiger partial charge is 0.311 e. The summed E-state index contributed by atoms with van der Waals surface area (Å²) in [7, 11) is 0. The molecule has 29 heavy (non-hydrogen) atoms. The van der Waals surface area contributed by atoms with Crippen molar-refractivity contribution in [1.29, 1.82) is 0 Å². The minimum absolute atomic E-state index is 0.0122. The van der Waals surface area contributed by atoms with E-state index in [-0.39, 0.29) is 33.9 Å². The number of nitrogens with two attached hydrogens (primary N) is 1. The lowest BCUT2D eigenvalue weighted by Crippen LogP contribution is -2.25. The van der Waals surface area contributed by atoms with Gasteiger partial charge in [-0.15, -0.1) is 11.3 Å². The highest BCUT2D eigenvalue weighted by Gasteiger charge is 2.42. The number of hydrogen-bond acceptors (Lipinski definition) is 5. The van der Waals surface area contributed by atoms with Gasteiger partial charge < -0.3 is 10.5 Å². The summed E-state index contributed by atoms with van der Waals surface area (Å²) in [5.74, 6) is -4.07. The average molecular weight is 436 g/mol. The highest BCUT2D eigenvalue weighted by Crippen LogP contribution is 2.44. The van der Waals surface area contributed by atoms with Crippen LogP contribution in [-0.4, -0.2) is 17.7 Å². The number of primary amides is 1. The van der Waals surface area contributed by atoms with Crippen LogP contribution in [0.4, 0.5) is 4.39 Å².